The van der Waals surface area contributed by atoms with Crippen molar-refractivity contribution in [1.29, 1.82) is 0 Å². The molecule has 2 unspecified atom stereocenters. The number of nitrogens with two attached hydrogens (primary N) is 1. The molecule has 0 aliphatic heterocycles. The summed E-state index contributed by atoms with van der Waals surface area (Å²) in [6.45, 7) is 0. The smallest absolute Gasteiger partial charge is 0.323 e. The molecule has 0 aromatic heterocycles. The van der Waals surface area contributed by atoms with Crippen LogP contribution in [-0.2, 0) is 9.09 Å². The number of rotatable bonds is 4. The van der Waals surface area contributed by atoms with Gasteiger partial charge in [-0.2, -0.15) is 0 Å². The third-order valence-corrected chi connectivity index (χ3v) is 3.32. The minimum atomic E-state index is -3.75. The Morgan fingerprint density at radius 3 is 2.57 bits per heavy atom. The molecule has 0 bridgehead atoms. The maximum atomic E-state index is 11.1. The highest BCUT2D eigenvalue weighted by atomic mass is 35.5. The lowest BCUT2D eigenvalue weighted by Gasteiger charge is -2.15. The first-order valence-electron chi connectivity index (χ1n) is 3.92. The van der Waals surface area contributed by atoms with E-state index in [4.69, 9.17) is 26.8 Å². The summed E-state index contributed by atoms with van der Waals surface area (Å²) < 4.78 is 15.8. The van der Waals surface area contributed by atoms with Gasteiger partial charge in [-0.05, 0) is 5.56 Å². The van der Waals surface area contributed by atoms with E-state index >= 15 is 0 Å². The van der Waals surface area contributed by atoms with Crippen LogP contribution in [0.25, 0.3) is 0 Å². The van der Waals surface area contributed by atoms with E-state index in [1.807, 2.05) is 6.07 Å². The Kier molecular flexibility index (Phi) is 4.11. The maximum Gasteiger partial charge on any atom is 0.344 e. The molecule has 0 saturated heterocycles. The van der Waals surface area contributed by atoms with Crippen molar-refractivity contribution in [3.05, 3.63) is 35.9 Å². The molecule has 0 amide bonds. The van der Waals surface area contributed by atoms with Gasteiger partial charge in [0.1, 0.15) is 11.8 Å². The van der Waals surface area contributed by atoms with E-state index in [0.29, 0.717) is 5.56 Å². The van der Waals surface area contributed by atoms with E-state index in [9.17, 15) is 4.57 Å². The quantitative estimate of drug-likeness (QED) is 0.476. The van der Waals surface area contributed by atoms with Gasteiger partial charge in [0.05, 0.1) is 0 Å². The van der Waals surface area contributed by atoms with Gasteiger partial charge in [-0.3, -0.25) is 9.09 Å². The fourth-order valence-electron chi connectivity index (χ4n) is 0.909. The van der Waals surface area contributed by atoms with Crippen molar-refractivity contribution in [2.75, 3.05) is 5.62 Å². The number of hydrogen-bond acceptors (Lipinski definition) is 3. The van der Waals surface area contributed by atoms with Gasteiger partial charge in [0.15, 0.2) is 0 Å². The van der Waals surface area contributed by atoms with Crippen LogP contribution in [0.15, 0.2) is 30.3 Å². The SMILES string of the molecule is NC(OP(=O)(O)CCl)c1ccccc1. The Balaban J connectivity index is 2.68. The molecule has 78 valence electrons. The van der Waals surface area contributed by atoms with Crippen LogP contribution >= 0.6 is 19.2 Å². The lowest BCUT2D eigenvalue weighted by atomic mass is 10.2. The van der Waals surface area contributed by atoms with Crippen LogP contribution in [0.2, 0.25) is 0 Å². The molecule has 0 heterocycles. The Morgan fingerprint density at radius 1 is 1.50 bits per heavy atom. The van der Waals surface area contributed by atoms with Gasteiger partial charge in [0.25, 0.3) is 0 Å². The predicted octanol–water partition coefficient (Wildman–Crippen LogP) is 2.04. The summed E-state index contributed by atoms with van der Waals surface area (Å²) in [7, 11) is -3.75. The minimum Gasteiger partial charge on any atom is -0.323 e. The molecule has 0 radical (unpaired) electrons. The van der Waals surface area contributed by atoms with Crippen molar-refractivity contribution in [2.24, 2.45) is 5.73 Å². The van der Waals surface area contributed by atoms with Crippen molar-refractivity contribution < 1.29 is 14.0 Å². The zero-order valence-corrected chi connectivity index (χ0v) is 8.99. The first-order valence-corrected chi connectivity index (χ1v) is 6.21. The minimum absolute atomic E-state index is 0.465. The van der Waals surface area contributed by atoms with E-state index in [1.54, 1.807) is 24.3 Å². The van der Waals surface area contributed by atoms with Gasteiger partial charge in [-0.1, -0.05) is 30.3 Å². The summed E-state index contributed by atoms with van der Waals surface area (Å²) in [6, 6.07) is 8.76. The van der Waals surface area contributed by atoms with E-state index in [0.717, 1.165) is 0 Å². The number of benzene rings is 1. The number of hydrogen-bond donors (Lipinski definition) is 2. The van der Waals surface area contributed by atoms with Crippen LogP contribution in [0.1, 0.15) is 11.8 Å². The molecule has 1 aromatic rings. The summed E-state index contributed by atoms with van der Waals surface area (Å²) in [6.07, 6.45) is -0.925. The number of alkyl halides is 1. The van der Waals surface area contributed by atoms with Crippen LogP contribution in [0, 0.1) is 0 Å². The average Bonchev–Trinajstić information content (AvgIpc) is 2.19. The highest BCUT2D eigenvalue weighted by Crippen LogP contribution is 2.46. The van der Waals surface area contributed by atoms with Crippen LogP contribution in [0.5, 0.6) is 0 Å². The van der Waals surface area contributed by atoms with Gasteiger partial charge >= 0.3 is 7.60 Å². The molecule has 1 rings (SSSR count). The monoisotopic (exact) mass is 235 g/mol. The zero-order chi connectivity index (χ0) is 10.6. The van der Waals surface area contributed by atoms with Crippen molar-refractivity contribution in [3.8, 4) is 0 Å². The Bertz CT molecular complexity index is 333. The summed E-state index contributed by atoms with van der Waals surface area (Å²) in [4.78, 5) is 9.08. The van der Waals surface area contributed by atoms with Gasteiger partial charge in [0.2, 0.25) is 0 Å². The summed E-state index contributed by atoms with van der Waals surface area (Å²) in [5.74, 6) is 0. The second-order valence-corrected chi connectivity index (χ2v) is 5.14. The Labute approximate surface area is 87.2 Å². The molecule has 0 aliphatic rings. The van der Waals surface area contributed by atoms with Crippen molar-refractivity contribution in [3.63, 3.8) is 0 Å². The molecule has 6 heteroatoms. The second kappa shape index (κ2) is 4.91. The van der Waals surface area contributed by atoms with E-state index < -0.39 is 19.4 Å². The topological polar surface area (TPSA) is 72.5 Å². The van der Waals surface area contributed by atoms with Gasteiger partial charge in [-0.15, -0.1) is 11.6 Å². The van der Waals surface area contributed by atoms with E-state index in [2.05, 4.69) is 0 Å². The van der Waals surface area contributed by atoms with Gasteiger partial charge < -0.3 is 10.6 Å². The molecular weight excluding hydrogens is 225 g/mol. The van der Waals surface area contributed by atoms with Crippen LogP contribution < -0.4 is 5.73 Å². The third-order valence-electron chi connectivity index (χ3n) is 1.56. The summed E-state index contributed by atoms with van der Waals surface area (Å²) in [5.41, 5.74) is 5.71. The van der Waals surface area contributed by atoms with E-state index in [-0.39, 0.29) is 0 Å². The van der Waals surface area contributed by atoms with Crippen LogP contribution in [0.4, 0.5) is 0 Å². The van der Waals surface area contributed by atoms with Crippen molar-refractivity contribution in [1.82, 2.24) is 0 Å². The average molecular weight is 236 g/mol. The molecule has 4 nitrogen and oxygen atoms in total. The predicted molar refractivity (Wildman–Crippen MR) is 55.0 cm³/mol. The molecule has 14 heavy (non-hydrogen) atoms. The van der Waals surface area contributed by atoms with Gasteiger partial charge in [-0.25, -0.2) is 0 Å². The molecule has 0 spiro atoms. The molecular formula is C8H11ClNO3P. The molecule has 2 atom stereocenters. The Hall–Kier alpha value is -0.380. The van der Waals surface area contributed by atoms with Gasteiger partial charge in [0, 0.05) is 0 Å². The Morgan fingerprint density at radius 2 is 2.07 bits per heavy atom. The van der Waals surface area contributed by atoms with Crippen LogP contribution in [0.3, 0.4) is 0 Å². The zero-order valence-electron chi connectivity index (χ0n) is 7.34. The normalized spacial score (nSPS) is 17.4. The first-order chi connectivity index (χ1) is 6.55. The summed E-state index contributed by atoms with van der Waals surface area (Å²) >= 11 is 5.23. The van der Waals surface area contributed by atoms with Crippen molar-refractivity contribution >= 4 is 19.2 Å². The fraction of sp³-hybridized carbons (Fsp3) is 0.250. The van der Waals surface area contributed by atoms with Crippen LogP contribution in [-0.4, -0.2) is 10.5 Å². The summed E-state index contributed by atoms with van der Waals surface area (Å²) in [5, 5.41) is 0. The molecule has 0 aliphatic carbocycles. The highest BCUT2D eigenvalue weighted by molar-refractivity contribution is 7.54. The molecule has 0 saturated carbocycles. The molecule has 0 fully saturated rings. The standard InChI is InChI=1S/C8H11ClNO3P/c9-6-14(11,12)13-8(10)7-4-2-1-3-5-7/h1-5,8H,6,10H2,(H,11,12). The second-order valence-electron chi connectivity index (χ2n) is 2.69. The largest absolute Gasteiger partial charge is 0.344 e. The molecule has 3 N–H and O–H groups in total. The third kappa shape index (κ3) is 3.40. The maximum absolute atomic E-state index is 11.1. The van der Waals surface area contributed by atoms with E-state index in [1.165, 1.54) is 0 Å². The lowest BCUT2D eigenvalue weighted by Crippen LogP contribution is -2.13. The molecule has 1 aromatic carbocycles. The highest BCUT2D eigenvalue weighted by Gasteiger charge is 2.22. The van der Waals surface area contributed by atoms with Crippen molar-refractivity contribution in [2.45, 2.75) is 6.23 Å². The fourth-order valence-corrected chi connectivity index (χ4v) is 1.61. The number of halogens is 1. The lowest BCUT2D eigenvalue weighted by molar-refractivity contribution is 0.184. The first kappa shape index (κ1) is 11.7.